The largest absolute Gasteiger partial charge is 0.351 e. The van der Waals surface area contributed by atoms with Crippen LogP contribution in [0.3, 0.4) is 0 Å². The summed E-state index contributed by atoms with van der Waals surface area (Å²) in [5.41, 5.74) is 2.01. The monoisotopic (exact) mass is 409 g/mol. The number of para-hydroxylation sites is 1. The second kappa shape index (κ2) is 8.29. The van der Waals surface area contributed by atoms with E-state index < -0.39 is 5.54 Å². The van der Waals surface area contributed by atoms with E-state index in [1.165, 1.54) is 6.42 Å². The van der Waals surface area contributed by atoms with Crippen LogP contribution in [-0.4, -0.2) is 23.3 Å². The third-order valence-corrected chi connectivity index (χ3v) is 5.92. The van der Waals surface area contributed by atoms with Crippen molar-refractivity contribution in [3.8, 4) is 0 Å². The molecule has 0 bridgehead atoms. The Labute approximate surface area is 174 Å². The number of rotatable bonds is 5. The normalized spacial score (nSPS) is 15.8. The van der Waals surface area contributed by atoms with E-state index in [1.807, 2.05) is 48.5 Å². The van der Waals surface area contributed by atoms with E-state index >= 15 is 0 Å². The highest BCUT2D eigenvalue weighted by atomic mass is 35.5. The van der Waals surface area contributed by atoms with Crippen molar-refractivity contribution < 1.29 is 9.59 Å². The fourth-order valence-electron chi connectivity index (χ4n) is 4.17. The van der Waals surface area contributed by atoms with Gasteiger partial charge in [0, 0.05) is 15.9 Å². The highest BCUT2D eigenvalue weighted by Gasteiger charge is 2.35. The summed E-state index contributed by atoms with van der Waals surface area (Å²) < 4.78 is 0. The molecule has 4 rings (SSSR count). The van der Waals surface area contributed by atoms with Gasteiger partial charge in [-0.3, -0.25) is 9.59 Å². The van der Waals surface area contributed by atoms with E-state index in [0.29, 0.717) is 10.7 Å². The van der Waals surface area contributed by atoms with Gasteiger partial charge in [-0.1, -0.05) is 61.2 Å². The second-order valence-corrected chi connectivity index (χ2v) is 8.09. The van der Waals surface area contributed by atoms with Crippen molar-refractivity contribution in [2.75, 3.05) is 6.54 Å². The summed E-state index contributed by atoms with van der Waals surface area (Å²) in [4.78, 5) is 28.2. The number of nitrogens with one attached hydrogen (secondary N) is 3. The Balaban J connectivity index is 1.42. The molecule has 29 heavy (non-hydrogen) atoms. The Kier molecular flexibility index (Phi) is 5.58. The lowest BCUT2D eigenvalue weighted by Gasteiger charge is -2.39. The number of aromatic amines is 1. The lowest BCUT2D eigenvalue weighted by molar-refractivity contribution is -0.122. The molecule has 1 aliphatic rings. The molecule has 3 N–H and O–H groups in total. The third kappa shape index (κ3) is 4.30. The van der Waals surface area contributed by atoms with Crippen LogP contribution < -0.4 is 10.6 Å². The number of fused-ring (bicyclic) bond motifs is 1. The van der Waals surface area contributed by atoms with E-state index in [2.05, 4.69) is 15.6 Å². The van der Waals surface area contributed by atoms with Gasteiger partial charge in [0.2, 0.25) is 5.91 Å². The van der Waals surface area contributed by atoms with Crippen molar-refractivity contribution >= 4 is 34.3 Å². The predicted molar refractivity (Wildman–Crippen MR) is 115 cm³/mol. The number of hydrogen-bond acceptors (Lipinski definition) is 2. The highest BCUT2D eigenvalue weighted by molar-refractivity contribution is 6.30. The molecule has 1 fully saturated rings. The standard InChI is InChI=1S/C23H24ClN3O2/c24-18-10-8-17(9-11-18)23(12-4-1-5-13-23)27-21(28)15-25-22(29)20-14-16-6-2-3-7-19(16)26-20/h2-3,6-11,14,26H,1,4-5,12-13,15H2,(H,25,29)(H,27,28). The number of carbonyl (C=O) groups excluding carboxylic acids is 2. The van der Waals surface area contributed by atoms with E-state index in [4.69, 9.17) is 11.6 Å². The second-order valence-electron chi connectivity index (χ2n) is 7.65. The summed E-state index contributed by atoms with van der Waals surface area (Å²) in [6, 6.07) is 17.2. The number of hydrogen-bond donors (Lipinski definition) is 3. The van der Waals surface area contributed by atoms with Gasteiger partial charge in [-0.15, -0.1) is 0 Å². The molecule has 2 aromatic carbocycles. The van der Waals surface area contributed by atoms with Crippen molar-refractivity contribution in [3.63, 3.8) is 0 Å². The molecule has 1 heterocycles. The van der Waals surface area contributed by atoms with Gasteiger partial charge >= 0.3 is 0 Å². The van der Waals surface area contributed by atoms with Crippen molar-refractivity contribution in [2.24, 2.45) is 0 Å². The Morgan fingerprint density at radius 1 is 1.00 bits per heavy atom. The molecule has 2 amide bonds. The van der Waals surface area contributed by atoms with Gasteiger partial charge in [-0.25, -0.2) is 0 Å². The Hall–Kier alpha value is -2.79. The van der Waals surface area contributed by atoms with Crippen LogP contribution in [0.1, 0.15) is 48.2 Å². The first-order valence-corrected chi connectivity index (χ1v) is 10.4. The molecule has 1 aliphatic carbocycles. The summed E-state index contributed by atoms with van der Waals surface area (Å²) >= 11 is 6.04. The molecular formula is C23H24ClN3O2. The van der Waals surface area contributed by atoms with Crippen LogP contribution in [0, 0.1) is 0 Å². The van der Waals surface area contributed by atoms with Gasteiger partial charge < -0.3 is 15.6 Å². The van der Waals surface area contributed by atoms with Gasteiger partial charge in [0.05, 0.1) is 12.1 Å². The van der Waals surface area contributed by atoms with E-state index in [-0.39, 0.29) is 18.4 Å². The van der Waals surface area contributed by atoms with Gasteiger partial charge in [0.15, 0.2) is 0 Å². The number of benzene rings is 2. The molecule has 1 saturated carbocycles. The van der Waals surface area contributed by atoms with Crippen LogP contribution in [0.25, 0.3) is 10.9 Å². The van der Waals surface area contributed by atoms with E-state index in [1.54, 1.807) is 6.07 Å². The zero-order valence-corrected chi connectivity index (χ0v) is 16.9. The average Bonchev–Trinajstić information content (AvgIpc) is 3.17. The first-order valence-electron chi connectivity index (χ1n) is 9.99. The van der Waals surface area contributed by atoms with Gasteiger partial charge in [0.1, 0.15) is 5.69 Å². The summed E-state index contributed by atoms with van der Waals surface area (Å²) in [7, 11) is 0. The minimum atomic E-state index is -0.397. The first kappa shape index (κ1) is 19.5. The van der Waals surface area contributed by atoms with Crippen LogP contribution in [0.2, 0.25) is 5.02 Å². The quantitative estimate of drug-likeness (QED) is 0.579. The lowest BCUT2D eigenvalue weighted by atomic mass is 9.76. The maximum absolute atomic E-state index is 12.7. The Bertz CT molecular complexity index is 987. The third-order valence-electron chi connectivity index (χ3n) is 5.67. The fraction of sp³-hybridized carbons (Fsp3) is 0.304. The molecule has 0 aliphatic heterocycles. The minimum absolute atomic E-state index is 0.0659. The molecule has 0 saturated heterocycles. The molecule has 150 valence electrons. The average molecular weight is 410 g/mol. The molecule has 0 spiro atoms. The molecule has 1 aromatic heterocycles. The molecule has 5 nitrogen and oxygen atoms in total. The highest BCUT2D eigenvalue weighted by Crippen LogP contribution is 2.37. The van der Waals surface area contributed by atoms with Gasteiger partial charge in [0.25, 0.3) is 5.91 Å². The molecular weight excluding hydrogens is 386 g/mol. The predicted octanol–water partition coefficient (Wildman–Crippen LogP) is 4.53. The lowest BCUT2D eigenvalue weighted by Crippen LogP contribution is -2.50. The number of aromatic nitrogens is 1. The fourth-order valence-corrected chi connectivity index (χ4v) is 4.30. The topological polar surface area (TPSA) is 74.0 Å². The van der Waals surface area contributed by atoms with Crippen LogP contribution in [-0.2, 0) is 10.3 Å². The summed E-state index contributed by atoms with van der Waals surface area (Å²) in [5, 5.41) is 7.56. The zero-order chi connectivity index (χ0) is 20.3. The van der Waals surface area contributed by atoms with Crippen LogP contribution in [0.15, 0.2) is 54.6 Å². The maximum Gasteiger partial charge on any atom is 0.268 e. The van der Waals surface area contributed by atoms with Crippen molar-refractivity contribution in [3.05, 3.63) is 70.9 Å². The molecule has 0 radical (unpaired) electrons. The van der Waals surface area contributed by atoms with Crippen LogP contribution in [0.5, 0.6) is 0 Å². The van der Waals surface area contributed by atoms with Gasteiger partial charge in [-0.2, -0.15) is 0 Å². The van der Waals surface area contributed by atoms with Crippen LogP contribution in [0.4, 0.5) is 0 Å². The van der Waals surface area contributed by atoms with Crippen molar-refractivity contribution in [2.45, 2.75) is 37.6 Å². The van der Waals surface area contributed by atoms with E-state index in [0.717, 1.165) is 42.1 Å². The maximum atomic E-state index is 12.7. The summed E-state index contributed by atoms with van der Waals surface area (Å²) in [6.45, 7) is -0.0659. The zero-order valence-electron chi connectivity index (χ0n) is 16.1. The smallest absolute Gasteiger partial charge is 0.268 e. The van der Waals surface area contributed by atoms with Crippen molar-refractivity contribution in [1.29, 1.82) is 0 Å². The molecule has 0 atom stereocenters. The summed E-state index contributed by atoms with van der Waals surface area (Å²) in [6.07, 6.45) is 5.06. The SMILES string of the molecule is O=C(CNC(=O)c1cc2ccccc2[nH]1)NC1(c2ccc(Cl)cc2)CCCCC1. The van der Waals surface area contributed by atoms with E-state index in [9.17, 15) is 9.59 Å². The van der Waals surface area contributed by atoms with Crippen molar-refractivity contribution in [1.82, 2.24) is 15.6 Å². The number of halogens is 1. The number of amides is 2. The molecule has 0 unspecified atom stereocenters. The Morgan fingerprint density at radius 3 is 2.45 bits per heavy atom. The molecule has 3 aromatic rings. The van der Waals surface area contributed by atoms with Gasteiger partial charge in [-0.05, 0) is 42.7 Å². The minimum Gasteiger partial charge on any atom is -0.351 e. The first-order chi connectivity index (χ1) is 14.1. The Morgan fingerprint density at radius 2 is 1.72 bits per heavy atom. The number of H-pyrrole nitrogens is 1. The molecule has 6 heteroatoms. The summed E-state index contributed by atoms with van der Waals surface area (Å²) in [5.74, 6) is -0.480. The number of carbonyl (C=O) groups is 2. The van der Waals surface area contributed by atoms with Crippen LogP contribution >= 0.6 is 11.6 Å².